The van der Waals surface area contributed by atoms with Gasteiger partial charge < -0.3 is 28.5 Å². The van der Waals surface area contributed by atoms with Crippen LogP contribution in [0.3, 0.4) is 0 Å². The third-order valence-corrected chi connectivity index (χ3v) is 9.65. The smallest absolute Gasteiger partial charge is 0.488 e. The second-order valence-electron chi connectivity index (χ2n) is 14.7. The Morgan fingerprint density at radius 3 is 2.53 bits per heavy atom. The normalized spacial score (nSPS) is 22.0. The number of aromatic nitrogens is 2. The van der Waals surface area contributed by atoms with Crippen molar-refractivity contribution in [2.75, 3.05) is 20.3 Å². The molecule has 0 unspecified atom stereocenters. The van der Waals surface area contributed by atoms with E-state index >= 15 is 0 Å². The fourth-order valence-corrected chi connectivity index (χ4v) is 6.68. The number of aromatic amines is 1. The number of fused-ring (bicyclic) bond motifs is 6. The van der Waals surface area contributed by atoms with E-state index in [9.17, 15) is 4.79 Å². The number of hydrogen-bond acceptors (Lipinski definition) is 7. The number of ether oxygens (including phenoxy) is 3. The van der Waals surface area contributed by atoms with E-state index in [-0.39, 0.29) is 18.1 Å². The quantitative estimate of drug-likeness (QED) is 0.263. The molecule has 4 aromatic rings. The highest BCUT2D eigenvalue weighted by molar-refractivity contribution is 6.62. The SMILES string of the molecule is COC[C@@H]1C[C@H](c2nc3ccc4cc5c(cc4c3[nH]2)OCc2cc(B3OC(C)(C)C(C)(C)O3)ccc2-5)N(C(=O)OC(C)(C)C)C1. The van der Waals surface area contributed by atoms with E-state index in [1.54, 1.807) is 12.0 Å². The van der Waals surface area contributed by atoms with E-state index in [0.717, 1.165) is 62.0 Å². The molecule has 0 radical (unpaired) electrons. The van der Waals surface area contributed by atoms with Crippen molar-refractivity contribution in [3.8, 4) is 16.9 Å². The second-order valence-corrected chi connectivity index (χ2v) is 14.7. The first kappa shape index (κ1) is 30.1. The molecule has 0 aliphatic carbocycles. The summed E-state index contributed by atoms with van der Waals surface area (Å²) in [4.78, 5) is 23.6. The summed E-state index contributed by atoms with van der Waals surface area (Å²) in [6.07, 6.45) is 0.410. The Hall–Kier alpha value is -3.60. The Balaban J connectivity index is 1.22. The summed E-state index contributed by atoms with van der Waals surface area (Å²) >= 11 is 0. The van der Waals surface area contributed by atoms with E-state index in [1.807, 2.05) is 26.8 Å². The fourth-order valence-electron chi connectivity index (χ4n) is 6.68. The largest absolute Gasteiger partial charge is 0.494 e. The maximum atomic E-state index is 13.2. The lowest BCUT2D eigenvalue weighted by atomic mass is 9.77. The fraction of sp³-hybridized carbons (Fsp3) is 0.486. The summed E-state index contributed by atoms with van der Waals surface area (Å²) in [5.74, 6) is 1.78. The van der Waals surface area contributed by atoms with Gasteiger partial charge in [0.05, 0.1) is 34.9 Å². The average molecular weight is 612 g/mol. The van der Waals surface area contributed by atoms with Crippen LogP contribution in [0.4, 0.5) is 4.79 Å². The van der Waals surface area contributed by atoms with Crippen LogP contribution in [0.2, 0.25) is 0 Å². The van der Waals surface area contributed by atoms with Gasteiger partial charge in [-0.25, -0.2) is 9.78 Å². The lowest BCUT2D eigenvalue weighted by Crippen LogP contribution is -2.41. The van der Waals surface area contributed by atoms with Crippen LogP contribution < -0.4 is 10.2 Å². The van der Waals surface area contributed by atoms with Crippen LogP contribution >= 0.6 is 0 Å². The number of nitrogens with zero attached hydrogens (tertiary/aromatic N) is 2. The molecule has 1 N–H and O–H groups in total. The topological polar surface area (TPSA) is 95.1 Å². The zero-order chi connectivity index (χ0) is 31.9. The zero-order valence-electron chi connectivity index (χ0n) is 27.4. The van der Waals surface area contributed by atoms with Crippen LogP contribution in [0.5, 0.6) is 5.75 Å². The van der Waals surface area contributed by atoms with Crippen molar-refractivity contribution < 1.29 is 28.3 Å². The number of nitrogens with one attached hydrogen (secondary N) is 1. The monoisotopic (exact) mass is 611 g/mol. The van der Waals surface area contributed by atoms with Crippen molar-refractivity contribution in [1.29, 1.82) is 0 Å². The van der Waals surface area contributed by atoms with Crippen molar-refractivity contribution in [3.63, 3.8) is 0 Å². The number of imidazole rings is 1. The van der Waals surface area contributed by atoms with Gasteiger partial charge in [-0.2, -0.15) is 0 Å². The first-order valence-corrected chi connectivity index (χ1v) is 15.8. The van der Waals surface area contributed by atoms with Gasteiger partial charge in [0.15, 0.2) is 0 Å². The van der Waals surface area contributed by atoms with Crippen LogP contribution in [-0.2, 0) is 25.4 Å². The Labute approximate surface area is 264 Å². The summed E-state index contributed by atoms with van der Waals surface area (Å²) in [6, 6.07) is 14.6. The molecule has 2 fully saturated rings. The van der Waals surface area contributed by atoms with Gasteiger partial charge in [-0.15, -0.1) is 0 Å². The van der Waals surface area contributed by atoms with E-state index in [1.165, 1.54) is 0 Å². The highest BCUT2D eigenvalue weighted by atomic mass is 16.7. The van der Waals surface area contributed by atoms with Crippen molar-refractivity contribution in [3.05, 3.63) is 53.9 Å². The molecular weight excluding hydrogens is 569 g/mol. The molecule has 0 spiro atoms. The number of likely N-dealkylation sites (tertiary alicyclic amines) is 1. The maximum absolute atomic E-state index is 13.2. The molecule has 10 heteroatoms. The Kier molecular flexibility index (Phi) is 7.00. The molecule has 1 aromatic heterocycles. The van der Waals surface area contributed by atoms with Crippen molar-refractivity contribution >= 4 is 40.5 Å². The molecule has 2 atom stereocenters. The van der Waals surface area contributed by atoms with Crippen LogP contribution in [0.25, 0.3) is 32.9 Å². The number of benzene rings is 3. The average Bonchev–Trinajstić information content (AvgIpc) is 3.64. The number of carbonyl (C=O) groups is 1. The predicted octanol–water partition coefficient (Wildman–Crippen LogP) is 6.52. The first-order chi connectivity index (χ1) is 21.2. The molecule has 45 heavy (non-hydrogen) atoms. The summed E-state index contributed by atoms with van der Waals surface area (Å²) in [7, 11) is 1.27. The molecule has 0 bridgehead atoms. The number of carbonyl (C=O) groups excluding carboxylic acids is 1. The van der Waals surface area contributed by atoms with Gasteiger partial charge in [-0.3, -0.25) is 4.90 Å². The van der Waals surface area contributed by atoms with E-state index in [0.29, 0.717) is 19.8 Å². The number of rotatable bonds is 4. The minimum Gasteiger partial charge on any atom is -0.488 e. The van der Waals surface area contributed by atoms with Gasteiger partial charge in [-0.1, -0.05) is 24.3 Å². The first-order valence-electron chi connectivity index (χ1n) is 15.8. The van der Waals surface area contributed by atoms with Gasteiger partial charge in [0.2, 0.25) is 0 Å². The lowest BCUT2D eigenvalue weighted by Gasteiger charge is -2.32. The van der Waals surface area contributed by atoms with Crippen LogP contribution in [0, 0.1) is 5.92 Å². The van der Waals surface area contributed by atoms with Gasteiger partial charge in [0, 0.05) is 30.5 Å². The molecule has 236 valence electrons. The van der Waals surface area contributed by atoms with Crippen molar-refractivity contribution in [1.82, 2.24) is 14.9 Å². The summed E-state index contributed by atoms with van der Waals surface area (Å²) in [5, 5.41) is 2.10. The van der Waals surface area contributed by atoms with Gasteiger partial charge in [0.1, 0.15) is 23.8 Å². The lowest BCUT2D eigenvalue weighted by molar-refractivity contribution is 0.00578. The third-order valence-electron chi connectivity index (χ3n) is 9.65. The molecule has 3 aliphatic heterocycles. The zero-order valence-corrected chi connectivity index (χ0v) is 27.4. The Bertz CT molecular complexity index is 1790. The molecule has 3 aliphatic rings. The van der Waals surface area contributed by atoms with Crippen molar-refractivity contribution in [2.24, 2.45) is 5.92 Å². The molecule has 2 saturated heterocycles. The number of methoxy groups -OCH3 is 1. The predicted molar refractivity (Wildman–Crippen MR) is 175 cm³/mol. The van der Waals surface area contributed by atoms with Crippen molar-refractivity contribution in [2.45, 2.75) is 84.3 Å². The second kappa shape index (κ2) is 10.5. The molecule has 7 rings (SSSR count). The molecule has 4 heterocycles. The van der Waals surface area contributed by atoms with E-state index < -0.39 is 23.9 Å². The molecule has 1 amide bonds. The van der Waals surface area contributed by atoms with E-state index in [4.69, 9.17) is 28.5 Å². The summed E-state index contributed by atoms with van der Waals surface area (Å²) in [5.41, 5.74) is 4.69. The van der Waals surface area contributed by atoms with Gasteiger partial charge >= 0.3 is 13.2 Å². The molecule has 3 aromatic carbocycles. The number of H-pyrrole nitrogens is 1. The Morgan fingerprint density at radius 2 is 1.82 bits per heavy atom. The summed E-state index contributed by atoms with van der Waals surface area (Å²) in [6.45, 7) is 15.5. The highest BCUT2D eigenvalue weighted by Crippen LogP contribution is 2.43. The molecule has 9 nitrogen and oxygen atoms in total. The summed E-state index contributed by atoms with van der Waals surface area (Å²) < 4.78 is 30.2. The molecular formula is C35H42BN3O6. The number of hydrogen-bond donors (Lipinski definition) is 1. The molecule has 0 saturated carbocycles. The van der Waals surface area contributed by atoms with E-state index in [2.05, 4.69) is 69.1 Å². The minimum absolute atomic E-state index is 0.197. The highest BCUT2D eigenvalue weighted by Gasteiger charge is 2.51. The maximum Gasteiger partial charge on any atom is 0.494 e. The number of amides is 1. The van der Waals surface area contributed by atoms with Crippen LogP contribution in [-0.4, -0.2) is 65.1 Å². The minimum atomic E-state index is -0.587. The Morgan fingerprint density at radius 1 is 1.07 bits per heavy atom. The third kappa shape index (κ3) is 5.26. The van der Waals surface area contributed by atoms with Crippen LogP contribution in [0.15, 0.2) is 42.5 Å². The van der Waals surface area contributed by atoms with Gasteiger partial charge in [-0.05, 0) is 95.1 Å². The van der Waals surface area contributed by atoms with Crippen LogP contribution in [0.1, 0.15) is 72.3 Å². The van der Waals surface area contributed by atoms with Gasteiger partial charge in [0.25, 0.3) is 0 Å². The standard InChI is InChI=1S/C35H42BN3O6/c1-33(2,3)43-32(40)39-17-20(18-41-8)13-28(39)31-37-27-12-9-21-15-26-24-11-10-23(36-44-34(4,5)35(6,7)45-36)14-22(24)19-42-29(26)16-25(21)30(27)38-31/h9-12,14-16,20,28H,13,17-19H2,1-8H3,(H,37,38)/t20-,28-/m1/s1.